The van der Waals surface area contributed by atoms with Crippen LogP contribution >= 0.6 is 0 Å². The van der Waals surface area contributed by atoms with Gasteiger partial charge in [-0.3, -0.25) is 29.8 Å². The van der Waals surface area contributed by atoms with Crippen LogP contribution in [0.15, 0.2) is 129 Å². The van der Waals surface area contributed by atoms with E-state index in [0.717, 1.165) is 48.5 Å². The fourth-order valence-corrected chi connectivity index (χ4v) is 10.3. The second kappa shape index (κ2) is 19.5. The molecule has 6 N–H and O–H groups in total. The van der Waals surface area contributed by atoms with Gasteiger partial charge in [0.1, 0.15) is 63.7 Å². The maximum atomic E-state index is 13.4. The largest absolute Gasteiger partial charge is 0.744 e. The third-order valence-electron chi connectivity index (χ3n) is 11.4. The summed E-state index contributed by atoms with van der Waals surface area (Å²) in [6.45, 7) is 0. The molecule has 8 rings (SSSR count). The fraction of sp³-hybridized carbons (Fsp3) is 0.0889. The van der Waals surface area contributed by atoms with Crippen molar-refractivity contribution in [3.05, 3.63) is 132 Å². The molecule has 6 amide bonds. The van der Waals surface area contributed by atoms with Crippen LogP contribution in [0.4, 0.5) is 39.4 Å². The Balaban J connectivity index is 0.887. The molecule has 0 bridgehead atoms. The molecule has 396 valence electrons. The first-order valence-electron chi connectivity index (χ1n) is 21.3. The number of hydrogen-bond donors (Lipinski definition) is 6. The van der Waals surface area contributed by atoms with Gasteiger partial charge in [0.15, 0.2) is 0 Å². The van der Waals surface area contributed by atoms with Gasteiger partial charge in [-0.25, -0.2) is 38.5 Å². The molecule has 0 spiro atoms. The van der Waals surface area contributed by atoms with Crippen LogP contribution in [-0.4, -0.2) is 99.8 Å². The highest BCUT2D eigenvalue weighted by molar-refractivity contribution is 7.86. The van der Waals surface area contributed by atoms with E-state index in [2.05, 4.69) is 31.9 Å². The Kier molecular flexibility index (Phi) is 13.8. The molecular formula is C45H36N10O17S4-4. The number of hydrogen-bond acceptors (Lipinski definition) is 17. The molecule has 0 aliphatic carbocycles. The molecule has 4 heterocycles. The van der Waals surface area contributed by atoms with Crippen LogP contribution in [0.3, 0.4) is 0 Å². The van der Waals surface area contributed by atoms with Crippen LogP contribution in [-0.2, 0) is 68.7 Å². The zero-order chi connectivity index (χ0) is 55.6. The van der Waals surface area contributed by atoms with E-state index < -0.39 is 89.7 Å². The molecule has 4 aromatic heterocycles. The van der Waals surface area contributed by atoms with E-state index in [1.165, 1.54) is 108 Å². The first kappa shape index (κ1) is 53.6. The van der Waals surface area contributed by atoms with Crippen molar-refractivity contribution in [2.75, 3.05) is 31.9 Å². The molecule has 0 unspecified atom stereocenters. The lowest BCUT2D eigenvalue weighted by molar-refractivity contribution is 0.101. The van der Waals surface area contributed by atoms with Crippen LogP contribution in [0.5, 0.6) is 0 Å². The summed E-state index contributed by atoms with van der Waals surface area (Å²) in [5, 5.41) is 14.6. The van der Waals surface area contributed by atoms with Crippen LogP contribution < -0.4 is 31.9 Å². The highest BCUT2D eigenvalue weighted by Gasteiger charge is 2.22. The summed E-state index contributed by atoms with van der Waals surface area (Å²) in [6, 6.07) is 13.9. The predicted octanol–water partition coefficient (Wildman–Crippen LogP) is 3.62. The van der Waals surface area contributed by atoms with Crippen molar-refractivity contribution in [1.82, 2.24) is 18.3 Å². The molecule has 0 aliphatic rings. The number of carbonyl (C=O) groups is 5. The van der Waals surface area contributed by atoms with E-state index in [1.54, 1.807) is 0 Å². The molecule has 0 aliphatic heterocycles. The molecule has 27 nitrogen and oxygen atoms in total. The van der Waals surface area contributed by atoms with E-state index in [9.17, 15) is 75.9 Å². The summed E-state index contributed by atoms with van der Waals surface area (Å²) in [5.41, 5.74) is -0.451. The van der Waals surface area contributed by atoms with Crippen molar-refractivity contribution in [2.45, 2.75) is 19.6 Å². The van der Waals surface area contributed by atoms with Crippen molar-refractivity contribution in [2.24, 2.45) is 28.2 Å². The van der Waals surface area contributed by atoms with Crippen LogP contribution in [0.2, 0.25) is 0 Å². The molecule has 8 aromatic rings. The average molecular weight is 1120 g/mol. The van der Waals surface area contributed by atoms with Gasteiger partial charge in [-0.15, -0.1) is 0 Å². The van der Waals surface area contributed by atoms with Gasteiger partial charge in [-0.05, 0) is 94.3 Å². The molecule has 0 saturated heterocycles. The summed E-state index contributed by atoms with van der Waals surface area (Å²) in [7, 11) is -14.2. The smallest absolute Gasteiger partial charge is 0.325 e. The van der Waals surface area contributed by atoms with Gasteiger partial charge in [0, 0.05) is 64.4 Å². The number of rotatable bonds is 14. The predicted molar refractivity (Wildman–Crippen MR) is 266 cm³/mol. The molecule has 0 radical (unpaired) electrons. The SMILES string of the molecule is Cn1cc(C(=O)Nc2cc(C(=O)Nc3cc(S(=O)(=O)[O-])c4ccc(S(=O)(=O)[O-])cc4c3)cn2C)cc1NC(=O)Nc1cc(C(=O)Nc2cc(C(=O)Nc3cc(S(=O)(=O)[O-])c4ccc(S(=O)(=O)[O-])cc4c3)cn2C)cn1C. The molecule has 31 heteroatoms. The maximum absolute atomic E-state index is 13.4. The Morgan fingerprint density at radius 1 is 0.368 bits per heavy atom. The van der Waals surface area contributed by atoms with Crippen LogP contribution in [0.25, 0.3) is 21.5 Å². The minimum Gasteiger partial charge on any atom is -0.744 e. The lowest BCUT2D eigenvalue weighted by atomic mass is 10.1. The molecule has 0 atom stereocenters. The maximum Gasteiger partial charge on any atom is 0.325 e. The number of aromatic nitrogens is 4. The molecular weight excluding hydrogens is 1080 g/mol. The Labute approximate surface area is 430 Å². The number of amides is 6. The van der Waals surface area contributed by atoms with Crippen molar-refractivity contribution in [3.63, 3.8) is 0 Å². The third-order valence-corrected chi connectivity index (χ3v) is 14.9. The Morgan fingerprint density at radius 3 is 0.947 bits per heavy atom. The van der Waals surface area contributed by atoms with E-state index >= 15 is 0 Å². The summed E-state index contributed by atoms with van der Waals surface area (Å²) in [5.74, 6) is -2.54. The number of carbonyl (C=O) groups excluding carboxylic acids is 5. The van der Waals surface area contributed by atoms with Gasteiger partial charge in [0.25, 0.3) is 23.6 Å². The van der Waals surface area contributed by atoms with Crippen LogP contribution in [0.1, 0.15) is 41.4 Å². The van der Waals surface area contributed by atoms with E-state index in [4.69, 9.17) is 0 Å². The van der Waals surface area contributed by atoms with Gasteiger partial charge >= 0.3 is 6.03 Å². The van der Waals surface area contributed by atoms with Crippen molar-refractivity contribution < 1.29 is 75.9 Å². The highest BCUT2D eigenvalue weighted by atomic mass is 32.2. The summed E-state index contributed by atoms with van der Waals surface area (Å²) in [6.07, 6.45) is 5.41. The molecule has 76 heavy (non-hydrogen) atoms. The summed E-state index contributed by atoms with van der Waals surface area (Å²) in [4.78, 5) is 63.6. The van der Waals surface area contributed by atoms with E-state index in [-0.39, 0.29) is 78.4 Å². The van der Waals surface area contributed by atoms with Crippen molar-refractivity contribution in [1.29, 1.82) is 0 Å². The number of nitrogens with zero attached hydrogens (tertiary/aromatic N) is 4. The first-order chi connectivity index (χ1) is 35.3. The minimum atomic E-state index is -5.16. The summed E-state index contributed by atoms with van der Waals surface area (Å²) < 4.78 is 148. The highest BCUT2D eigenvalue weighted by Crippen LogP contribution is 2.32. The Hall–Kier alpha value is -8.69. The lowest BCUT2D eigenvalue weighted by Gasteiger charge is -2.15. The standard InChI is InChI=1S/C45H40N10O17S4/c1-52-19-25(41(56)46-29-9-23-11-31(73(61,62)63)5-7-33(23)35(17-29)75(67,68)69)13-37(52)48-43(58)27-15-39(54(3)21-27)50-45(60)51-40-16-28(22-55(40)4)44(59)49-38-14-26(20-53(38)2)42(57)47-30-10-24-12-32(74(64,65)66)6-8-34(24)36(18-30)76(70,71)72/h5-22H,1-4H3,(H,46,56)(H,47,57)(H,48,58)(H,49,59)(H2,50,51,60)(H,61,62,63)(H,64,65,66)(H,67,68,69)(H,70,71,72)/p-4. The minimum absolute atomic E-state index is 0.0496. The number of nitrogens with one attached hydrogen (secondary N) is 6. The normalized spacial score (nSPS) is 12.1. The fourth-order valence-electron chi connectivity index (χ4n) is 7.79. The second-order valence-corrected chi connectivity index (χ2v) is 22.3. The number of anilines is 6. The number of aryl methyl sites for hydroxylation is 4. The topological polar surface area (TPSA) is 406 Å². The van der Waals surface area contributed by atoms with Gasteiger partial charge in [-0.1, -0.05) is 12.1 Å². The zero-order valence-electron chi connectivity index (χ0n) is 39.3. The van der Waals surface area contributed by atoms with Gasteiger partial charge in [0.2, 0.25) is 0 Å². The van der Waals surface area contributed by atoms with Gasteiger partial charge in [-0.2, -0.15) is 0 Å². The Bertz CT molecular complexity index is 4020. The lowest BCUT2D eigenvalue weighted by Crippen LogP contribution is -2.22. The third kappa shape index (κ3) is 11.5. The van der Waals surface area contributed by atoms with Gasteiger partial charge in [0.05, 0.1) is 41.8 Å². The molecule has 0 fully saturated rings. The Morgan fingerprint density at radius 2 is 0.658 bits per heavy atom. The quantitative estimate of drug-likeness (QED) is 0.0847. The van der Waals surface area contributed by atoms with Crippen molar-refractivity contribution in [3.8, 4) is 0 Å². The number of urea groups is 1. The molecule has 0 saturated carbocycles. The van der Waals surface area contributed by atoms with Crippen LogP contribution in [0, 0.1) is 0 Å². The van der Waals surface area contributed by atoms with E-state index in [0.29, 0.717) is 0 Å². The first-order valence-corrected chi connectivity index (χ1v) is 26.9. The van der Waals surface area contributed by atoms with Crippen molar-refractivity contribution >= 4 is 126 Å². The summed E-state index contributed by atoms with van der Waals surface area (Å²) >= 11 is 0. The average Bonchev–Trinajstić information content (AvgIpc) is 4.09. The van der Waals surface area contributed by atoms with E-state index in [1.807, 2.05) is 0 Å². The zero-order valence-corrected chi connectivity index (χ0v) is 42.5. The second-order valence-electron chi connectivity index (χ2n) is 16.8. The number of benzene rings is 4. The van der Waals surface area contributed by atoms with Gasteiger partial charge < -0.3 is 57.7 Å². The molecule has 4 aromatic carbocycles. The number of fused-ring (bicyclic) bond motifs is 2. The monoisotopic (exact) mass is 1120 g/mol.